The molecule has 2 saturated heterocycles. The van der Waals surface area contributed by atoms with Crippen molar-refractivity contribution in [3.8, 4) is 0 Å². The monoisotopic (exact) mass is 283 g/mol. The van der Waals surface area contributed by atoms with Crippen molar-refractivity contribution in [2.45, 2.75) is 25.8 Å². The number of nitrogens with one attached hydrogen (secondary N) is 1. The number of aryl methyl sites for hydroxylation is 1. The lowest BCUT2D eigenvalue weighted by Crippen LogP contribution is -2.47. The molecule has 1 N–H and O–H groups in total. The van der Waals surface area contributed by atoms with E-state index in [2.05, 4.69) is 29.4 Å². The number of carbonyl (C=O) groups is 1. The molecular weight excluding hydrogens is 262 g/mol. The second-order valence-corrected chi connectivity index (χ2v) is 6.59. The van der Waals surface area contributed by atoms with Crippen LogP contribution >= 0.6 is 0 Å². The van der Waals surface area contributed by atoms with Gasteiger partial charge in [-0.3, -0.25) is 4.79 Å². The summed E-state index contributed by atoms with van der Waals surface area (Å²) in [4.78, 5) is 14.9. The van der Waals surface area contributed by atoms with E-state index in [-0.39, 0.29) is 5.91 Å². The van der Waals surface area contributed by atoms with Gasteiger partial charge in [-0.2, -0.15) is 0 Å². The van der Waals surface area contributed by atoms with Gasteiger partial charge in [0.25, 0.3) is 5.91 Å². The molecule has 4 heterocycles. The smallest absolute Gasteiger partial charge is 0.253 e. The molecule has 0 spiro atoms. The maximum Gasteiger partial charge on any atom is 0.253 e. The Hall–Kier alpha value is -1.81. The molecule has 4 nitrogen and oxygen atoms in total. The van der Waals surface area contributed by atoms with Gasteiger partial charge in [-0.15, -0.1) is 0 Å². The van der Waals surface area contributed by atoms with E-state index in [1.54, 1.807) is 0 Å². The number of aromatic nitrogens is 1. The van der Waals surface area contributed by atoms with Crippen LogP contribution in [0.4, 0.5) is 0 Å². The Morgan fingerprint density at radius 2 is 2.19 bits per heavy atom. The summed E-state index contributed by atoms with van der Waals surface area (Å²) in [5.74, 6) is 0.828. The van der Waals surface area contributed by atoms with Crippen LogP contribution in [0.3, 0.4) is 0 Å². The second-order valence-electron chi connectivity index (χ2n) is 6.59. The summed E-state index contributed by atoms with van der Waals surface area (Å²) in [5.41, 5.74) is 3.08. The first kappa shape index (κ1) is 12.9. The molecular formula is C17H21N3O. The van der Waals surface area contributed by atoms with Crippen molar-refractivity contribution in [2.24, 2.45) is 5.92 Å². The van der Waals surface area contributed by atoms with Gasteiger partial charge >= 0.3 is 0 Å². The lowest BCUT2D eigenvalue weighted by atomic mass is 9.96. The number of piperidine rings is 1. The molecule has 4 heteroatoms. The molecule has 0 radical (unpaired) electrons. The quantitative estimate of drug-likeness (QED) is 0.916. The zero-order valence-electron chi connectivity index (χ0n) is 12.4. The Balaban J connectivity index is 1.50. The minimum atomic E-state index is 0.0516. The number of hydrogen-bond donors (Lipinski definition) is 1. The summed E-state index contributed by atoms with van der Waals surface area (Å²) < 4.78 is 2.03. The van der Waals surface area contributed by atoms with Crippen molar-refractivity contribution in [3.63, 3.8) is 0 Å². The van der Waals surface area contributed by atoms with E-state index in [4.69, 9.17) is 0 Å². The van der Waals surface area contributed by atoms with E-state index in [1.165, 1.54) is 25.1 Å². The molecule has 2 aromatic rings. The van der Waals surface area contributed by atoms with E-state index >= 15 is 0 Å². The molecule has 0 aromatic carbocycles. The molecule has 2 bridgehead atoms. The van der Waals surface area contributed by atoms with Crippen LogP contribution in [-0.4, -0.2) is 40.9 Å². The molecule has 21 heavy (non-hydrogen) atoms. The van der Waals surface area contributed by atoms with Crippen LogP contribution < -0.4 is 5.32 Å². The third-order valence-electron chi connectivity index (χ3n) is 4.79. The first-order chi connectivity index (χ1) is 10.2. The van der Waals surface area contributed by atoms with Gasteiger partial charge in [0.15, 0.2) is 0 Å². The largest absolute Gasteiger partial charge is 0.348 e. The Bertz CT molecular complexity index is 678. The Kier molecular flexibility index (Phi) is 3.00. The SMILES string of the molecule is Cc1cc2ccc(C(=O)NC3CC4CCN(C4)C3)cn2c1. The number of fused-ring (bicyclic) bond motifs is 3. The summed E-state index contributed by atoms with van der Waals surface area (Å²) >= 11 is 0. The number of rotatable bonds is 2. The summed E-state index contributed by atoms with van der Waals surface area (Å²) in [6.45, 7) is 5.50. The van der Waals surface area contributed by atoms with Crippen LogP contribution in [0.5, 0.6) is 0 Å². The topological polar surface area (TPSA) is 36.8 Å². The molecule has 2 aliphatic heterocycles. The van der Waals surface area contributed by atoms with E-state index in [0.29, 0.717) is 6.04 Å². The highest BCUT2D eigenvalue weighted by atomic mass is 16.1. The second kappa shape index (κ2) is 4.88. The number of carbonyl (C=O) groups excluding carboxylic acids is 1. The van der Waals surface area contributed by atoms with Gasteiger partial charge in [0.05, 0.1) is 5.56 Å². The molecule has 3 atom stereocenters. The minimum absolute atomic E-state index is 0.0516. The van der Waals surface area contributed by atoms with Crippen molar-refractivity contribution in [2.75, 3.05) is 19.6 Å². The number of amides is 1. The highest BCUT2D eigenvalue weighted by molar-refractivity contribution is 5.94. The average Bonchev–Trinajstić information content (AvgIpc) is 2.99. The van der Waals surface area contributed by atoms with Gasteiger partial charge in [-0.1, -0.05) is 0 Å². The zero-order valence-corrected chi connectivity index (χ0v) is 12.4. The fourth-order valence-electron chi connectivity index (χ4n) is 3.82. The Morgan fingerprint density at radius 1 is 1.29 bits per heavy atom. The molecule has 2 fully saturated rings. The van der Waals surface area contributed by atoms with Gasteiger partial charge in [0.2, 0.25) is 0 Å². The van der Waals surface area contributed by atoms with Crippen LogP contribution in [0, 0.1) is 12.8 Å². The lowest BCUT2D eigenvalue weighted by molar-refractivity contribution is 0.0909. The third-order valence-corrected chi connectivity index (χ3v) is 4.79. The van der Waals surface area contributed by atoms with Crippen molar-refractivity contribution < 1.29 is 4.79 Å². The molecule has 0 aliphatic carbocycles. The molecule has 2 aliphatic rings. The fraction of sp³-hybridized carbons (Fsp3) is 0.471. The summed E-state index contributed by atoms with van der Waals surface area (Å²) in [5, 5.41) is 3.21. The third kappa shape index (κ3) is 2.44. The molecule has 4 rings (SSSR count). The molecule has 110 valence electrons. The number of nitrogens with zero attached hydrogens (tertiary/aromatic N) is 2. The predicted molar refractivity (Wildman–Crippen MR) is 82.6 cm³/mol. The van der Waals surface area contributed by atoms with E-state index in [1.807, 2.05) is 22.7 Å². The highest BCUT2D eigenvalue weighted by Gasteiger charge is 2.32. The Labute approximate surface area is 124 Å². The average molecular weight is 283 g/mol. The van der Waals surface area contributed by atoms with Crippen molar-refractivity contribution >= 4 is 11.4 Å². The first-order valence-electron chi connectivity index (χ1n) is 7.79. The molecule has 0 saturated carbocycles. The van der Waals surface area contributed by atoms with Crippen molar-refractivity contribution in [1.82, 2.24) is 14.6 Å². The normalized spacial score (nSPS) is 28.0. The maximum absolute atomic E-state index is 12.5. The molecule has 1 amide bonds. The van der Waals surface area contributed by atoms with Crippen molar-refractivity contribution in [1.29, 1.82) is 0 Å². The minimum Gasteiger partial charge on any atom is -0.348 e. The summed E-state index contributed by atoms with van der Waals surface area (Å²) in [6.07, 6.45) is 6.40. The van der Waals surface area contributed by atoms with Gasteiger partial charge < -0.3 is 14.6 Å². The van der Waals surface area contributed by atoms with E-state index in [9.17, 15) is 4.79 Å². The van der Waals surface area contributed by atoms with Gasteiger partial charge in [-0.05, 0) is 56.0 Å². The summed E-state index contributed by atoms with van der Waals surface area (Å²) in [6, 6.07) is 6.35. The number of hydrogen-bond acceptors (Lipinski definition) is 2. The van der Waals surface area contributed by atoms with E-state index < -0.39 is 0 Å². The highest BCUT2D eigenvalue weighted by Crippen LogP contribution is 2.26. The van der Waals surface area contributed by atoms with Gasteiger partial charge in [0.1, 0.15) is 0 Å². The standard InChI is InChI=1S/C17H21N3O/c1-12-6-16-3-2-14(10-20(16)8-12)17(21)18-15-7-13-4-5-19(9-13)11-15/h2-3,6,8,10,13,15H,4-5,7,9,11H2,1H3,(H,18,21). The summed E-state index contributed by atoms with van der Waals surface area (Å²) in [7, 11) is 0. The van der Waals surface area contributed by atoms with Crippen LogP contribution in [0.15, 0.2) is 30.6 Å². The molecule has 2 aromatic heterocycles. The Morgan fingerprint density at radius 3 is 3.05 bits per heavy atom. The fourth-order valence-corrected chi connectivity index (χ4v) is 3.82. The maximum atomic E-state index is 12.5. The van der Waals surface area contributed by atoms with Crippen LogP contribution in [0.1, 0.15) is 28.8 Å². The predicted octanol–water partition coefficient (Wildman–Crippen LogP) is 2.07. The number of pyridine rings is 1. The zero-order chi connectivity index (χ0) is 14.4. The molecule has 3 unspecified atom stereocenters. The van der Waals surface area contributed by atoms with Gasteiger partial charge in [0, 0.05) is 37.0 Å². The van der Waals surface area contributed by atoms with Gasteiger partial charge in [-0.25, -0.2) is 0 Å². The van der Waals surface area contributed by atoms with Crippen LogP contribution in [-0.2, 0) is 0 Å². The first-order valence-corrected chi connectivity index (χ1v) is 7.79. The van der Waals surface area contributed by atoms with E-state index in [0.717, 1.165) is 30.0 Å². The van der Waals surface area contributed by atoms with Crippen LogP contribution in [0.25, 0.3) is 5.52 Å². The van der Waals surface area contributed by atoms with Crippen molar-refractivity contribution in [3.05, 3.63) is 41.7 Å². The van der Waals surface area contributed by atoms with Crippen LogP contribution in [0.2, 0.25) is 0 Å². The lowest BCUT2D eigenvalue weighted by Gasteiger charge is -2.30.